The molecular formula is C11H19ClN2O4S2. The van der Waals surface area contributed by atoms with Crippen molar-refractivity contribution in [2.24, 2.45) is 0 Å². The molecule has 1 aromatic heterocycles. The fourth-order valence-electron chi connectivity index (χ4n) is 2.05. The maximum atomic E-state index is 11.7. The summed E-state index contributed by atoms with van der Waals surface area (Å²) in [6.45, 7) is 3.97. The fraction of sp³-hybridized carbons (Fsp3) is 0.727. The molecule has 0 aliphatic rings. The van der Waals surface area contributed by atoms with E-state index in [2.05, 4.69) is 5.10 Å². The molecule has 0 aliphatic carbocycles. The summed E-state index contributed by atoms with van der Waals surface area (Å²) in [6, 6.07) is 0. The number of hydrogen-bond acceptors (Lipinski definition) is 5. The Balaban J connectivity index is 3.13. The molecule has 0 unspecified atom stereocenters. The number of aryl methyl sites for hydroxylation is 2. The predicted molar refractivity (Wildman–Crippen MR) is 78.3 cm³/mol. The molecule has 0 atom stereocenters. The molecule has 0 bridgehead atoms. The van der Waals surface area contributed by atoms with E-state index in [9.17, 15) is 16.8 Å². The third-order valence-electron chi connectivity index (χ3n) is 2.88. The summed E-state index contributed by atoms with van der Waals surface area (Å²) in [5.74, 6) is 0.0421. The van der Waals surface area contributed by atoms with Crippen LogP contribution in [0.2, 0.25) is 0 Å². The molecule has 0 radical (unpaired) electrons. The van der Waals surface area contributed by atoms with Gasteiger partial charge in [0.25, 0.3) is 9.05 Å². The highest BCUT2D eigenvalue weighted by Crippen LogP contribution is 2.25. The van der Waals surface area contributed by atoms with Crippen LogP contribution in [-0.4, -0.2) is 38.6 Å². The first-order valence-electron chi connectivity index (χ1n) is 6.31. The lowest BCUT2D eigenvalue weighted by molar-refractivity contribution is 0.557. The van der Waals surface area contributed by atoms with Crippen molar-refractivity contribution in [3.05, 3.63) is 11.4 Å². The Kier molecular flexibility index (Phi) is 5.62. The molecule has 0 fully saturated rings. The standard InChI is InChI=1S/C11H19ClN2O4S2/c1-4-9-11(20(12,17)18)10(5-2)14(13-9)7-6-8-19(3,15)16/h4-8H2,1-3H3. The van der Waals surface area contributed by atoms with E-state index in [1.54, 1.807) is 11.6 Å². The minimum absolute atomic E-state index is 0.0421. The van der Waals surface area contributed by atoms with Crippen molar-refractivity contribution in [1.29, 1.82) is 0 Å². The molecule has 6 nitrogen and oxygen atoms in total. The summed E-state index contributed by atoms with van der Waals surface area (Å²) >= 11 is 0. The van der Waals surface area contributed by atoms with Crippen molar-refractivity contribution in [2.45, 2.75) is 44.6 Å². The van der Waals surface area contributed by atoms with Gasteiger partial charge >= 0.3 is 0 Å². The fourth-order valence-corrected chi connectivity index (χ4v) is 4.24. The van der Waals surface area contributed by atoms with Crippen molar-refractivity contribution in [2.75, 3.05) is 12.0 Å². The van der Waals surface area contributed by atoms with Gasteiger partial charge in [-0.15, -0.1) is 0 Å². The summed E-state index contributed by atoms with van der Waals surface area (Å²) in [5.41, 5.74) is 0.960. The molecule has 0 saturated carbocycles. The van der Waals surface area contributed by atoms with Crippen LogP contribution in [0, 0.1) is 0 Å². The number of sulfone groups is 1. The topological polar surface area (TPSA) is 86.1 Å². The summed E-state index contributed by atoms with van der Waals surface area (Å²) in [5, 5.41) is 4.24. The average Bonchev–Trinajstić information content (AvgIpc) is 2.65. The Morgan fingerprint density at radius 2 is 1.75 bits per heavy atom. The van der Waals surface area contributed by atoms with Gasteiger partial charge in [-0.25, -0.2) is 16.8 Å². The van der Waals surface area contributed by atoms with Gasteiger partial charge in [0.2, 0.25) is 0 Å². The highest BCUT2D eigenvalue weighted by atomic mass is 35.7. The Morgan fingerprint density at radius 1 is 1.15 bits per heavy atom. The van der Waals surface area contributed by atoms with Crippen LogP contribution in [0.4, 0.5) is 0 Å². The summed E-state index contributed by atoms with van der Waals surface area (Å²) in [6.07, 6.45) is 2.47. The lowest BCUT2D eigenvalue weighted by Crippen LogP contribution is -2.11. The first kappa shape index (κ1) is 17.5. The molecule has 1 rings (SSSR count). The molecular weight excluding hydrogens is 324 g/mol. The Hall–Kier alpha value is -0.600. The maximum Gasteiger partial charge on any atom is 0.264 e. The van der Waals surface area contributed by atoms with Crippen molar-refractivity contribution in [1.82, 2.24) is 9.78 Å². The monoisotopic (exact) mass is 342 g/mol. The zero-order valence-electron chi connectivity index (χ0n) is 11.8. The first-order chi connectivity index (χ1) is 9.10. The number of rotatable bonds is 7. The van der Waals surface area contributed by atoms with E-state index in [-0.39, 0.29) is 10.6 Å². The third kappa shape index (κ3) is 4.46. The van der Waals surface area contributed by atoms with Crippen molar-refractivity contribution >= 4 is 29.6 Å². The van der Waals surface area contributed by atoms with Crippen LogP contribution in [-0.2, 0) is 38.3 Å². The van der Waals surface area contributed by atoms with Crippen LogP contribution >= 0.6 is 10.7 Å². The van der Waals surface area contributed by atoms with E-state index in [1.807, 2.05) is 6.92 Å². The summed E-state index contributed by atoms with van der Waals surface area (Å²) in [4.78, 5) is 0.0727. The lowest BCUT2D eigenvalue weighted by Gasteiger charge is -2.06. The second-order valence-electron chi connectivity index (χ2n) is 4.57. The number of aromatic nitrogens is 2. The summed E-state index contributed by atoms with van der Waals surface area (Å²) < 4.78 is 47.1. The Labute approximate surface area is 124 Å². The largest absolute Gasteiger partial charge is 0.268 e. The highest BCUT2D eigenvalue weighted by molar-refractivity contribution is 8.13. The molecule has 1 aromatic rings. The van der Waals surface area contributed by atoms with Gasteiger partial charge in [-0.2, -0.15) is 5.10 Å². The highest BCUT2D eigenvalue weighted by Gasteiger charge is 2.25. The van der Waals surface area contributed by atoms with E-state index in [1.165, 1.54) is 6.26 Å². The van der Waals surface area contributed by atoms with E-state index >= 15 is 0 Å². The number of nitrogens with zero attached hydrogens (tertiary/aromatic N) is 2. The van der Waals surface area contributed by atoms with Gasteiger partial charge in [-0.05, 0) is 19.3 Å². The van der Waals surface area contributed by atoms with Crippen molar-refractivity contribution < 1.29 is 16.8 Å². The zero-order chi connectivity index (χ0) is 15.6. The molecule has 1 heterocycles. The minimum atomic E-state index is -3.85. The molecule has 0 saturated heterocycles. The first-order valence-corrected chi connectivity index (χ1v) is 10.7. The van der Waals surface area contributed by atoms with Crippen molar-refractivity contribution in [3.8, 4) is 0 Å². The smallest absolute Gasteiger partial charge is 0.264 e. The second kappa shape index (κ2) is 6.44. The molecule has 0 aliphatic heterocycles. The average molecular weight is 343 g/mol. The molecule has 0 amide bonds. The third-order valence-corrected chi connectivity index (χ3v) is 5.33. The van der Waals surface area contributed by atoms with Gasteiger partial charge < -0.3 is 0 Å². The molecule has 20 heavy (non-hydrogen) atoms. The summed E-state index contributed by atoms with van der Waals surface area (Å²) in [7, 11) is -1.42. The van der Waals surface area contributed by atoms with Gasteiger partial charge in [0.05, 0.1) is 17.1 Å². The van der Waals surface area contributed by atoms with Crippen LogP contribution in [0.5, 0.6) is 0 Å². The van der Waals surface area contributed by atoms with Crippen LogP contribution in [0.15, 0.2) is 4.90 Å². The van der Waals surface area contributed by atoms with Crippen LogP contribution < -0.4 is 0 Å². The zero-order valence-corrected chi connectivity index (χ0v) is 14.1. The molecule has 0 N–H and O–H groups in total. The molecule has 0 spiro atoms. The van der Waals surface area contributed by atoms with E-state index in [4.69, 9.17) is 10.7 Å². The van der Waals surface area contributed by atoms with Gasteiger partial charge in [0.15, 0.2) is 0 Å². The molecule has 0 aromatic carbocycles. The lowest BCUT2D eigenvalue weighted by atomic mass is 10.2. The molecule has 9 heteroatoms. The Morgan fingerprint density at radius 3 is 2.15 bits per heavy atom. The van der Waals surface area contributed by atoms with Gasteiger partial charge in [0, 0.05) is 23.5 Å². The van der Waals surface area contributed by atoms with E-state index in [0.29, 0.717) is 37.2 Å². The second-order valence-corrected chi connectivity index (χ2v) is 9.34. The van der Waals surface area contributed by atoms with Gasteiger partial charge in [-0.1, -0.05) is 13.8 Å². The number of halogens is 1. The van der Waals surface area contributed by atoms with Crippen molar-refractivity contribution in [3.63, 3.8) is 0 Å². The Bertz CT molecular complexity index is 678. The molecule has 116 valence electrons. The maximum absolute atomic E-state index is 11.7. The van der Waals surface area contributed by atoms with E-state index in [0.717, 1.165) is 0 Å². The van der Waals surface area contributed by atoms with Gasteiger partial charge in [0.1, 0.15) is 14.7 Å². The SMILES string of the molecule is CCc1nn(CCCS(C)(=O)=O)c(CC)c1S(=O)(=O)Cl. The minimum Gasteiger partial charge on any atom is -0.268 e. The quantitative estimate of drug-likeness (QED) is 0.698. The normalized spacial score (nSPS) is 12.8. The van der Waals surface area contributed by atoms with Gasteiger partial charge in [-0.3, -0.25) is 4.68 Å². The van der Waals surface area contributed by atoms with Crippen LogP contribution in [0.3, 0.4) is 0 Å². The number of hydrogen-bond donors (Lipinski definition) is 0. The van der Waals surface area contributed by atoms with E-state index < -0.39 is 18.9 Å². The van der Waals surface area contributed by atoms with Crippen LogP contribution in [0.25, 0.3) is 0 Å². The van der Waals surface area contributed by atoms with Crippen LogP contribution in [0.1, 0.15) is 31.7 Å². The predicted octanol–water partition coefficient (Wildman–Crippen LogP) is 1.37.